The Morgan fingerprint density at radius 2 is 1.42 bits per heavy atom. The van der Waals surface area contributed by atoms with Crippen LogP contribution in [0.25, 0.3) is 0 Å². The Morgan fingerprint density at radius 1 is 0.792 bits per heavy atom. The summed E-state index contributed by atoms with van der Waals surface area (Å²) in [5, 5.41) is 3.57. The molecule has 0 saturated carbocycles. The predicted octanol–water partition coefficient (Wildman–Crippen LogP) is 5.12. The molecule has 0 aliphatic heterocycles. The van der Waals surface area contributed by atoms with E-state index < -0.39 is 0 Å². The molecule has 0 aliphatic carbocycles. The van der Waals surface area contributed by atoms with E-state index in [0.717, 1.165) is 12.3 Å². The first-order valence-corrected chi connectivity index (χ1v) is 8.36. The minimum absolute atomic E-state index is 0.299. The summed E-state index contributed by atoms with van der Waals surface area (Å²) >= 11 is 0. The predicted molar refractivity (Wildman–Crippen MR) is 98.9 cm³/mol. The normalized spacial score (nSPS) is 11.9. The molecule has 2 nitrogen and oxygen atoms in total. The van der Waals surface area contributed by atoms with Gasteiger partial charge in [0.1, 0.15) is 12.4 Å². The summed E-state index contributed by atoms with van der Waals surface area (Å²) in [6.07, 6.45) is 0. The Balaban J connectivity index is 1.61. The number of hydrogen-bond donors (Lipinski definition) is 1. The average Bonchev–Trinajstić information content (AvgIpc) is 2.66. The van der Waals surface area contributed by atoms with Crippen LogP contribution < -0.4 is 10.1 Å². The minimum Gasteiger partial charge on any atom is -0.489 e. The standard InChI is InChI=1S/C22H23NO/c1-18(20-12-6-3-7-13-20)23-16-21-14-8-9-15-22(21)24-17-19-10-4-2-5-11-19/h2-15,18,23H,16-17H2,1H3/t18-/m1/s1. The van der Waals surface area contributed by atoms with E-state index in [4.69, 9.17) is 4.74 Å². The zero-order valence-corrected chi connectivity index (χ0v) is 14.0. The van der Waals surface area contributed by atoms with Gasteiger partial charge in [-0.1, -0.05) is 78.9 Å². The molecule has 1 atom stereocenters. The van der Waals surface area contributed by atoms with Gasteiger partial charge in [-0.25, -0.2) is 0 Å². The Labute approximate surface area is 144 Å². The van der Waals surface area contributed by atoms with Gasteiger partial charge in [-0.3, -0.25) is 0 Å². The van der Waals surface area contributed by atoms with Gasteiger partial charge in [-0.05, 0) is 24.1 Å². The Bertz CT molecular complexity index is 740. The molecule has 0 unspecified atom stereocenters. The molecule has 0 spiro atoms. The van der Waals surface area contributed by atoms with Crippen LogP contribution in [0.3, 0.4) is 0 Å². The number of nitrogens with one attached hydrogen (secondary N) is 1. The van der Waals surface area contributed by atoms with Crippen LogP contribution in [0.1, 0.15) is 29.7 Å². The highest BCUT2D eigenvalue weighted by atomic mass is 16.5. The number of para-hydroxylation sites is 1. The molecule has 1 N–H and O–H groups in total. The monoisotopic (exact) mass is 317 g/mol. The van der Waals surface area contributed by atoms with Crippen LogP contribution in [0.4, 0.5) is 0 Å². The Kier molecular flexibility index (Phi) is 5.65. The van der Waals surface area contributed by atoms with Crippen molar-refractivity contribution in [2.24, 2.45) is 0 Å². The Morgan fingerprint density at radius 3 is 2.17 bits per heavy atom. The Hall–Kier alpha value is -2.58. The zero-order chi connectivity index (χ0) is 16.6. The molecular formula is C22H23NO. The molecular weight excluding hydrogens is 294 g/mol. The van der Waals surface area contributed by atoms with E-state index in [0.29, 0.717) is 12.6 Å². The highest BCUT2D eigenvalue weighted by molar-refractivity contribution is 5.34. The highest BCUT2D eigenvalue weighted by Crippen LogP contribution is 2.21. The van der Waals surface area contributed by atoms with Crippen LogP contribution >= 0.6 is 0 Å². The third-order valence-corrected chi connectivity index (χ3v) is 4.11. The van der Waals surface area contributed by atoms with Crippen LogP contribution in [-0.2, 0) is 13.2 Å². The quantitative estimate of drug-likeness (QED) is 0.653. The lowest BCUT2D eigenvalue weighted by atomic mass is 10.1. The fourth-order valence-electron chi connectivity index (χ4n) is 2.65. The summed E-state index contributed by atoms with van der Waals surface area (Å²) in [5.74, 6) is 0.939. The molecule has 0 heterocycles. The first-order chi connectivity index (χ1) is 11.8. The van der Waals surface area contributed by atoms with Crippen LogP contribution in [0.5, 0.6) is 5.75 Å². The van der Waals surface area contributed by atoms with E-state index in [1.54, 1.807) is 0 Å². The average molecular weight is 317 g/mol. The van der Waals surface area contributed by atoms with E-state index >= 15 is 0 Å². The van der Waals surface area contributed by atoms with E-state index in [-0.39, 0.29) is 0 Å². The van der Waals surface area contributed by atoms with Gasteiger partial charge in [0.25, 0.3) is 0 Å². The molecule has 3 aromatic rings. The molecule has 0 saturated heterocycles. The van der Waals surface area contributed by atoms with Gasteiger partial charge >= 0.3 is 0 Å². The molecule has 3 rings (SSSR count). The van der Waals surface area contributed by atoms with Gasteiger partial charge in [0, 0.05) is 18.2 Å². The molecule has 3 aromatic carbocycles. The lowest BCUT2D eigenvalue weighted by molar-refractivity contribution is 0.301. The highest BCUT2D eigenvalue weighted by Gasteiger charge is 2.07. The maximum atomic E-state index is 6.02. The van der Waals surface area contributed by atoms with Crippen LogP contribution in [0, 0.1) is 0 Å². The van der Waals surface area contributed by atoms with Crippen molar-refractivity contribution in [2.45, 2.75) is 26.1 Å². The fourth-order valence-corrected chi connectivity index (χ4v) is 2.65. The molecule has 24 heavy (non-hydrogen) atoms. The van der Waals surface area contributed by atoms with Crippen molar-refractivity contribution >= 4 is 0 Å². The van der Waals surface area contributed by atoms with Crippen molar-refractivity contribution in [3.63, 3.8) is 0 Å². The van der Waals surface area contributed by atoms with Gasteiger partial charge < -0.3 is 10.1 Å². The van der Waals surface area contributed by atoms with Crippen molar-refractivity contribution in [3.05, 3.63) is 102 Å². The van der Waals surface area contributed by atoms with Crippen LogP contribution in [-0.4, -0.2) is 0 Å². The summed E-state index contributed by atoms with van der Waals surface area (Å²) < 4.78 is 6.02. The first-order valence-electron chi connectivity index (χ1n) is 8.36. The molecule has 122 valence electrons. The second-order valence-electron chi connectivity index (χ2n) is 5.90. The van der Waals surface area contributed by atoms with Crippen LogP contribution in [0.15, 0.2) is 84.9 Å². The zero-order valence-electron chi connectivity index (χ0n) is 14.0. The van der Waals surface area contributed by atoms with E-state index in [2.05, 4.69) is 60.8 Å². The molecule has 0 radical (unpaired) electrons. The summed E-state index contributed by atoms with van der Waals surface area (Å²) in [4.78, 5) is 0. The number of benzene rings is 3. The third kappa shape index (κ3) is 4.46. The summed E-state index contributed by atoms with van der Waals surface area (Å²) in [7, 11) is 0. The van der Waals surface area contributed by atoms with Gasteiger partial charge in [0.15, 0.2) is 0 Å². The largest absolute Gasteiger partial charge is 0.489 e. The molecule has 0 aromatic heterocycles. The third-order valence-electron chi connectivity index (χ3n) is 4.11. The summed E-state index contributed by atoms with van der Waals surface area (Å²) in [5.41, 5.74) is 3.65. The summed E-state index contributed by atoms with van der Waals surface area (Å²) in [6.45, 7) is 3.55. The van der Waals surface area contributed by atoms with E-state index in [1.165, 1.54) is 16.7 Å². The topological polar surface area (TPSA) is 21.3 Å². The lowest BCUT2D eigenvalue weighted by Gasteiger charge is -2.16. The molecule has 0 aliphatic rings. The fraction of sp³-hybridized carbons (Fsp3) is 0.182. The van der Waals surface area contributed by atoms with Gasteiger partial charge in [-0.2, -0.15) is 0 Å². The van der Waals surface area contributed by atoms with Crippen molar-refractivity contribution < 1.29 is 4.74 Å². The SMILES string of the molecule is C[C@@H](NCc1ccccc1OCc1ccccc1)c1ccccc1. The van der Waals surface area contributed by atoms with E-state index in [1.807, 2.05) is 36.4 Å². The number of ether oxygens (including phenoxy) is 1. The minimum atomic E-state index is 0.299. The van der Waals surface area contributed by atoms with Gasteiger partial charge in [-0.15, -0.1) is 0 Å². The summed E-state index contributed by atoms with van der Waals surface area (Å²) in [6, 6.07) is 29.3. The second kappa shape index (κ2) is 8.32. The van der Waals surface area contributed by atoms with Crippen molar-refractivity contribution in [1.82, 2.24) is 5.32 Å². The molecule has 0 bridgehead atoms. The van der Waals surface area contributed by atoms with Crippen molar-refractivity contribution in [3.8, 4) is 5.75 Å². The van der Waals surface area contributed by atoms with Gasteiger partial charge in [0.2, 0.25) is 0 Å². The maximum absolute atomic E-state index is 6.02. The maximum Gasteiger partial charge on any atom is 0.124 e. The van der Waals surface area contributed by atoms with Crippen LogP contribution in [0.2, 0.25) is 0 Å². The molecule has 0 fully saturated rings. The van der Waals surface area contributed by atoms with Crippen molar-refractivity contribution in [2.75, 3.05) is 0 Å². The smallest absolute Gasteiger partial charge is 0.124 e. The van der Waals surface area contributed by atoms with E-state index in [9.17, 15) is 0 Å². The van der Waals surface area contributed by atoms with Gasteiger partial charge in [0.05, 0.1) is 0 Å². The lowest BCUT2D eigenvalue weighted by Crippen LogP contribution is -2.18. The second-order valence-corrected chi connectivity index (χ2v) is 5.90. The van der Waals surface area contributed by atoms with Crippen molar-refractivity contribution in [1.29, 1.82) is 0 Å². The molecule has 2 heteroatoms. The number of rotatable bonds is 7. The molecule has 0 amide bonds. The number of hydrogen-bond acceptors (Lipinski definition) is 2. The first kappa shape index (κ1) is 16.3.